The Morgan fingerprint density at radius 2 is 1.91 bits per heavy atom. The van der Waals surface area contributed by atoms with Gasteiger partial charge in [-0.1, -0.05) is 48.1 Å². The zero-order valence-electron chi connectivity index (χ0n) is 12.9. The summed E-state index contributed by atoms with van der Waals surface area (Å²) in [5, 5.41) is 12.3. The summed E-state index contributed by atoms with van der Waals surface area (Å²) in [6.45, 7) is 5.67. The lowest BCUT2D eigenvalue weighted by Gasteiger charge is -2.13. The smallest absolute Gasteiger partial charge is 0.230 e. The van der Waals surface area contributed by atoms with Crippen LogP contribution in [0.2, 0.25) is 0 Å². The van der Waals surface area contributed by atoms with Crippen molar-refractivity contribution in [3.8, 4) is 0 Å². The van der Waals surface area contributed by atoms with Crippen LogP contribution in [-0.4, -0.2) is 22.1 Å². The molecule has 0 radical (unpaired) electrons. The predicted molar refractivity (Wildman–Crippen MR) is 92.6 cm³/mol. The van der Waals surface area contributed by atoms with Crippen molar-refractivity contribution in [2.24, 2.45) is 11.7 Å². The first-order chi connectivity index (χ1) is 9.95. The second-order valence-electron chi connectivity index (χ2n) is 5.30. The number of hydrogen-bond donors (Lipinski definition) is 2. The molecule has 7 heteroatoms. The zero-order chi connectivity index (χ0) is 15.4. The van der Waals surface area contributed by atoms with E-state index >= 15 is 0 Å². The Kier molecular flexibility index (Phi) is 6.93. The summed E-state index contributed by atoms with van der Waals surface area (Å²) in [5.41, 5.74) is 8.13. The van der Waals surface area contributed by atoms with Crippen LogP contribution in [-0.2, 0) is 11.2 Å². The number of benzene rings is 1. The average molecular weight is 341 g/mol. The van der Waals surface area contributed by atoms with Gasteiger partial charge in [-0.3, -0.25) is 4.79 Å². The fourth-order valence-corrected chi connectivity index (χ4v) is 2.49. The zero-order valence-corrected chi connectivity index (χ0v) is 14.5. The third-order valence-electron chi connectivity index (χ3n) is 3.38. The SMILES string of the molecule is Cc1ccc(Cc2nnc(NC(=O)C(C)C(C)N)s2)cc1.Cl. The third kappa shape index (κ3) is 5.05. The number of carbonyl (C=O) groups excluding carboxylic acids is 1. The van der Waals surface area contributed by atoms with Gasteiger partial charge in [-0.25, -0.2) is 0 Å². The molecule has 0 aliphatic carbocycles. The molecule has 1 heterocycles. The first-order valence-corrected chi connectivity index (χ1v) is 7.71. The van der Waals surface area contributed by atoms with E-state index in [9.17, 15) is 4.79 Å². The van der Waals surface area contributed by atoms with Crippen LogP contribution < -0.4 is 11.1 Å². The summed E-state index contributed by atoms with van der Waals surface area (Å²) in [7, 11) is 0. The molecule has 0 saturated carbocycles. The molecule has 22 heavy (non-hydrogen) atoms. The molecule has 0 fully saturated rings. The fourth-order valence-electron chi connectivity index (χ4n) is 1.71. The van der Waals surface area contributed by atoms with Gasteiger partial charge in [0.25, 0.3) is 0 Å². The number of rotatable bonds is 5. The molecule has 0 aliphatic rings. The molecule has 2 atom stereocenters. The molecule has 3 N–H and O–H groups in total. The highest BCUT2D eigenvalue weighted by Crippen LogP contribution is 2.19. The van der Waals surface area contributed by atoms with Crippen LogP contribution in [0.1, 0.15) is 30.0 Å². The molecule has 2 unspecified atom stereocenters. The first-order valence-electron chi connectivity index (χ1n) is 6.90. The van der Waals surface area contributed by atoms with Crippen LogP contribution in [0, 0.1) is 12.8 Å². The Balaban J connectivity index is 0.00000242. The minimum atomic E-state index is -0.255. The van der Waals surface area contributed by atoms with Gasteiger partial charge in [0.2, 0.25) is 11.0 Å². The van der Waals surface area contributed by atoms with Gasteiger partial charge >= 0.3 is 0 Å². The van der Waals surface area contributed by atoms with Gasteiger partial charge in [0.05, 0.1) is 5.92 Å². The van der Waals surface area contributed by atoms with Crippen LogP contribution in [0.25, 0.3) is 0 Å². The lowest BCUT2D eigenvalue weighted by molar-refractivity contribution is -0.119. The molecule has 120 valence electrons. The van der Waals surface area contributed by atoms with E-state index in [0.717, 1.165) is 11.4 Å². The van der Waals surface area contributed by atoms with Crippen LogP contribution in [0.15, 0.2) is 24.3 Å². The average Bonchev–Trinajstić information content (AvgIpc) is 2.87. The van der Waals surface area contributed by atoms with E-state index in [4.69, 9.17) is 5.73 Å². The minimum absolute atomic E-state index is 0. The fraction of sp³-hybridized carbons (Fsp3) is 0.400. The van der Waals surface area contributed by atoms with E-state index < -0.39 is 0 Å². The Morgan fingerprint density at radius 1 is 1.27 bits per heavy atom. The molecule has 0 bridgehead atoms. The molecule has 0 aliphatic heterocycles. The number of halogens is 1. The summed E-state index contributed by atoms with van der Waals surface area (Å²) in [6, 6.07) is 8.11. The quantitative estimate of drug-likeness (QED) is 0.877. The van der Waals surface area contributed by atoms with Crippen LogP contribution in [0.5, 0.6) is 0 Å². The van der Waals surface area contributed by atoms with Crippen molar-refractivity contribution < 1.29 is 4.79 Å². The molecular formula is C15H21ClN4OS. The number of aromatic nitrogens is 2. The number of aryl methyl sites for hydroxylation is 1. The molecule has 2 aromatic rings. The van der Waals surface area contributed by atoms with Crippen LogP contribution >= 0.6 is 23.7 Å². The summed E-state index contributed by atoms with van der Waals surface area (Å²) >= 11 is 1.39. The number of amides is 1. The molecule has 1 amide bonds. The maximum absolute atomic E-state index is 11.9. The maximum Gasteiger partial charge on any atom is 0.230 e. The first kappa shape index (κ1) is 18.5. The Labute approximate surface area is 140 Å². The van der Waals surface area contributed by atoms with Crippen molar-refractivity contribution in [2.45, 2.75) is 33.2 Å². The van der Waals surface area contributed by atoms with Crippen molar-refractivity contribution in [2.75, 3.05) is 5.32 Å². The van der Waals surface area contributed by atoms with Gasteiger partial charge in [0, 0.05) is 12.5 Å². The van der Waals surface area contributed by atoms with Crippen LogP contribution in [0.3, 0.4) is 0 Å². The van der Waals surface area contributed by atoms with E-state index in [1.165, 1.54) is 22.5 Å². The second-order valence-corrected chi connectivity index (χ2v) is 6.36. The molecule has 1 aromatic carbocycles. The lowest BCUT2D eigenvalue weighted by Crippen LogP contribution is -2.34. The summed E-state index contributed by atoms with van der Waals surface area (Å²) in [4.78, 5) is 11.9. The van der Waals surface area contributed by atoms with Crippen molar-refractivity contribution >= 4 is 34.8 Å². The van der Waals surface area contributed by atoms with E-state index in [-0.39, 0.29) is 30.3 Å². The minimum Gasteiger partial charge on any atom is -0.327 e. The van der Waals surface area contributed by atoms with Crippen molar-refractivity contribution in [1.82, 2.24) is 10.2 Å². The normalized spacial score (nSPS) is 13.1. The van der Waals surface area contributed by atoms with Gasteiger partial charge in [-0.15, -0.1) is 22.6 Å². The highest BCUT2D eigenvalue weighted by atomic mass is 35.5. The van der Waals surface area contributed by atoms with E-state index in [1.54, 1.807) is 6.92 Å². The summed E-state index contributed by atoms with van der Waals surface area (Å²) in [5.74, 6) is -0.377. The van der Waals surface area contributed by atoms with Gasteiger partial charge in [-0.2, -0.15) is 0 Å². The molecule has 2 rings (SSSR count). The maximum atomic E-state index is 11.9. The number of carbonyl (C=O) groups is 1. The Bertz CT molecular complexity index is 612. The highest BCUT2D eigenvalue weighted by Gasteiger charge is 2.18. The molecule has 0 saturated heterocycles. The lowest BCUT2D eigenvalue weighted by atomic mass is 10.0. The van der Waals surface area contributed by atoms with Crippen molar-refractivity contribution in [3.05, 3.63) is 40.4 Å². The van der Waals surface area contributed by atoms with Crippen molar-refractivity contribution in [3.63, 3.8) is 0 Å². The largest absolute Gasteiger partial charge is 0.327 e. The second kappa shape index (κ2) is 8.22. The predicted octanol–water partition coefficient (Wildman–Crippen LogP) is 2.78. The van der Waals surface area contributed by atoms with Gasteiger partial charge in [-0.05, 0) is 19.4 Å². The molecule has 5 nitrogen and oxygen atoms in total. The molecule has 0 spiro atoms. The standard InChI is InChI=1S/C15H20N4OS.ClH/c1-9-4-6-12(7-5-9)8-13-18-19-15(21-13)17-14(20)10(2)11(3)16;/h4-7,10-11H,8,16H2,1-3H3,(H,17,19,20);1H. The van der Waals surface area contributed by atoms with Crippen molar-refractivity contribution in [1.29, 1.82) is 0 Å². The number of nitrogens with two attached hydrogens (primary N) is 1. The van der Waals surface area contributed by atoms with Crippen LogP contribution in [0.4, 0.5) is 5.13 Å². The van der Waals surface area contributed by atoms with Gasteiger partial charge in [0.15, 0.2) is 0 Å². The van der Waals surface area contributed by atoms with Gasteiger partial charge in [0.1, 0.15) is 5.01 Å². The number of nitrogens with zero attached hydrogens (tertiary/aromatic N) is 2. The monoisotopic (exact) mass is 340 g/mol. The number of anilines is 1. The third-order valence-corrected chi connectivity index (χ3v) is 4.21. The molecular weight excluding hydrogens is 320 g/mol. The highest BCUT2D eigenvalue weighted by molar-refractivity contribution is 7.15. The Hall–Kier alpha value is -1.50. The van der Waals surface area contributed by atoms with E-state index in [1.807, 2.05) is 6.92 Å². The number of hydrogen-bond acceptors (Lipinski definition) is 5. The van der Waals surface area contributed by atoms with E-state index in [0.29, 0.717) is 5.13 Å². The summed E-state index contributed by atoms with van der Waals surface area (Å²) < 4.78 is 0. The summed E-state index contributed by atoms with van der Waals surface area (Å²) in [6.07, 6.45) is 0.719. The number of nitrogens with one attached hydrogen (secondary N) is 1. The topological polar surface area (TPSA) is 80.9 Å². The van der Waals surface area contributed by atoms with E-state index in [2.05, 4.69) is 46.7 Å². The van der Waals surface area contributed by atoms with Gasteiger partial charge < -0.3 is 11.1 Å². The molecule has 1 aromatic heterocycles. The Morgan fingerprint density at radius 3 is 2.50 bits per heavy atom.